The molecule has 1 aliphatic carbocycles. The fourth-order valence-corrected chi connectivity index (χ4v) is 3.07. The highest BCUT2D eigenvalue weighted by Gasteiger charge is 2.26. The highest BCUT2D eigenvalue weighted by atomic mass is 16.5. The van der Waals surface area contributed by atoms with Gasteiger partial charge in [-0.15, -0.1) is 0 Å². The number of pyridine rings is 1. The molecule has 6 nitrogen and oxygen atoms in total. The summed E-state index contributed by atoms with van der Waals surface area (Å²) in [4.78, 5) is 4.43. The summed E-state index contributed by atoms with van der Waals surface area (Å²) in [6.07, 6.45) is 5.55. The van der Waals surface area contributed by atoms with E-state index >= 15 is 0 Å². The minimum absolute atomic E-state index is 0.00454. The minimum Gasteiger partial charge on any atom is -0.493 e. The molecule has 1 saturated carbocycles. The van der Waals surface area contributed by atoms with Crippen molar-refractivity contribution in [2.24, 2.45) is 0 Å². The molecule has 1 N–H and O–H groups in total. The lowest BCUT2D eigenvalue weighted by Crippen LogP contribution is -2.07. The van der Waals surface area contributed by atoms with E-state index in [1.807, 2.05) is 26.0 Å². The van der Waals surface area contributed by atoms with Gasteiger partial charge in [0.05, 0.1) is 26.0 Å². The van der Waals surface area contributed by atoms with Crippen molar-refractivity contribution >= 4 is 10.8 Å². The molecule has 0 atom stereocenters. The summed E-state index contributed by atoms with van der Waals surface area (Å²) in [7, 11) is 3.24. The van der Waals surface area contributed by atoms with Crippen LogP contribution in [0.3, 0.4) is 0 Å². The second kappa shape index (κ2) is 6.52. The molecule has 4 rings (SSSR count). The summed E-state index contributed by atoms with van der Waals surface area (Å²) in [5, 5.41) is 9.39. The van der Waals surface area contributed by atoms with E-state index in [0.717, 1.165) is 22.0 Å². The van der Waals surface area contributed by atoms with E-state index in [9.17, 15) is 0 Å². The molecule has 0 bridgehead atoms. The Bertz CT molecular complexity index is 945. The van der Waals surface area contributed by atoms with Gasteiger partial charge in [0, 0.05) is 27.9 Å². The number of methoxy groups -OCH3 is 2. The Morgan fingerprint density at radius 3 is 2.38 bits per heavy atom. The number of nitrogens with zero attached hydrogens (tertiary/aromatic N) is 2. The van der Waals surface area contributed by atoms with Gasteiger partial charge in [0.15, 0.2) is 11.5 Å². The first-order valence-electron chi connectivity index (χ1n) is 8.80. The van der Waals surface area contributed by atoms with Crippen LogP contribution in [0.15, 0.2) is 18.2 Å². The fourth-order valence-electron chi connectivity index (χ4n) is 3.07. The smallest absolute Gasteiger partial charge is 0.222 e. The van der Waals surface area contributed by atoms with E-state index in [-0.39, 0.29) is 6.10 Å². The topological polar surface area (TPSA) is 69.3 Å². The maximum absolute atomic E-state index is 5.88. The van der Waals surface area contributed by atoms with E-state index in [0.29, 0.717) is 23.3 Å². The molecule has 0 saturated heterocycles. The van der Waals surface area contributed by atoms with Crippen molar-refractivity contribution in [2.45, 2.75) is 38.7 Å². The summed E-state index contributed by atoms with van der Waals surface area (Å²) in [5.41, 5.74) is 2.82. The van der Waals surface area contributed by atoms with Crippen molar-refractivity contribution in [3.63, 3.8) is 0 Å². The summed E-state index contributed by atoms with van der Waals surface area (Å²) >= 11 is 0. The molecule has 0 amide bonds. The third kappa shape index (κ3) is 2.96. The molecule has 0 aliphatic heterocycles. The molecule has 2 heterocycles. The van der Waals surface area contributed by atoms with Gasteiger partial charge in [-0.05, 0) is 44.9 Å². The standard InChI is InChI=1S/C20H22N3O3/c1-11(2)26-20-14-8-19(25-4)18(24-3)7-13(14)15(10-21-20)17-9-16(22-23-17)12-5-6-12/h7-9,11-12H,5-6H2,1-4H3,(H,22,23). The predicted molar refractivity (Wildman–Crippen MR) is 99.0 cm³/mol. The third-order valence-electron chi connectivity index (χ3n) is 4.51. The van der Waals surface area contributed by atoms with Crippen LogP contribution in [0.1, 0.15) is 38.3 Å². The maximum Gasteiger partial charge on any atom is 0.222 e. The van der Waals surface area contributed by atoms with Crippen LogP contribution < -0.4 is 14.2 Å². The Morgan fingerprint density at radius 1 is 1.08 bits per heavy atom. The normalized spacial score (nSPS) is 14.0. The Kier molecular flexibility index (Phi) is 4.18. The number of H-pyrrole nitrogens is 1. The number of aromatic nitrogens is 3. The summed E-state index contributed by atoms with van der Waals surface area (Å²) in [5.74, 6) is 2.41. The van der Waals surface area contributed by atoms with Gasteiger partial charge in [0.25, 0.3) is 0 Å². The zero-order valence-corrected chi connectivity index (χ0v) is 15.4. The zero-order valence-electron chi connectivity index (χ0n) is 15.4. The van der Waals surface area contributed by atoms with Crippen LogP contribution in [0, 0.1) is 6.20 Å². The molecule has 1 fully saturated rings. The number of rotatable bonds is 6. The molecule has 26 heavy (non-hydrogen) atoms. The second-order valence-corrected chi connectivity index (χ2v) is 6.81. The molecule has 1 aliphatic rings. The number of aromatic amines is 1. The molecular weight excluding hydrogens is 330 g/mol. The van der Waals surface area contributed by atoms with Crippen LogP contribution in [0.4, 0.5) is 0 Å². The van der Waals surface area contributed by atoms with Crippen molar-refractivity contribution in [1.29, 1.82) is 0 Å². The molecular formula is C20H22N3O3. The highest BCUT2D eigenvalue weighted by Crippen LogP contribution is 2.42. The lowest BCUT2D eigenvalue weighted by atomic mass is 10.0. The van der Waals surface area contributed by atoms with Crippen molar-refractivity contribution < 1.29 is 14.2 Å². The van der Waals surface area contributed by atoms with Crippen LogP contribution in [-0.4, -0.2) is 35.5 Å². The Hall–Kier alpha value is -2.76. The number of ether oxygens (including phenoxy) is 3. The van der Waals surface area contributed by atoms with Gasteiger partial charge in [0.2, 0.25) is 5.88 Å². The monoisotopic (exact) mass is 352 g/mol. The maximum atomic E-state index is 5.88. The van der Waals surface area contributed by atoms with Gasteiger partial charge in [-0.3, -0.25) is 5.10 Å². The largest absolute Gasteiger partial charge is 0.493 e. The number of benzene rings is 1. The van der Waals surface area contributed by atoms with Crippen LogP contribution in [0.25, 0.3) is 22.0 Å². The second-order valence-electron chi connectivity index (χ2n) is 6.81. The van der Waals surface area contributed by atoms with Gasteiger partial charge >= 0.3 is 0 Å². The molecule has 2 aromatic heterocycles. The number of nitrogens with one attached hydrogen (secondary N) is 1. The fraction of sp³-hybridized carbons (Fsp3) is 0.400. The van der Waals surface area contributed by atoms with E-state index in [2.05, 4.69) is 27.4 Å². The van der Waals surface area contributed by atoms with Crippen LogP contribution in [0.2, 0.25) is 0 Å². The highest BCUT2D eigenvalue weighted by molar-refractivity contribution is 5.99. The van der Waals surface area contributed by atoms with Gasteiger partial charge in [-0.2, -0.15) is 5.10 Å². The number of hydrogen-bond acceptors (Lipinski definition) is 5. The predicted octanol–water partition coefficient (Wildman–Crippen LogP) is 4.11. The Morgan fingerprint density at radius 2 is 1.77 bits per heavy atom. The van der Waals surface area contributed by atoms with Crippen molar-refractivity contribution in [2.75, 3.05) is 14.2 Å². The molecule has 3 aromatic rings. The van der Waals surface area contributed by atoms with Crippen molar-refractivity contribution in [3.05, 3.63) is 30.1 Å². The summed E-state index contributed by atoms with van der Waals surface area (Å²) in [6.45, 7) is 3.94. The molecule has 135 valence electrons. The number of fused-ring (bicyclic) bond motifs is 1. The SMILES string of the molecule is COc1cc2c(-c3cc(C4CC4)[nH]n3)[c]nc(OC(C)C)c2cc1OC. The van der Waals surface area contributed by atoms with Crippen LogP contribution in [-0.2, 0) is 0 Å². The first kappa shape index (κ1) is 16.7. The molecule has 0 unspecified atom stereocenters. The van der Waals surface area contributed by atoms with Crippen LogP contribution in [0.5, 0.6) is 17.4 Å². The molecule has 0 spiro atoms. The average molecular weight is 352 g/mol. The van der Waals surface area contributed by atoms with E-state index in [1.165, 1.54) is 18.5 Å². The first-order valence-corrected chi connectivity index (χ1v) is 8.80. The first-order chi connectivity index (χ1) is 12.6. The summed E-state index contributed by atoms with van der Waals surface area (Å²) < 4.78 is 16.8. The zero-order chi connectivity index (χ0) is 18.3. The van der Waals surface area contributed by atoms with Gasteiger partial charge in [-0.25, -0.2) is 4.98 Å². The Labute approximate surface area is 152 Å². The van der Waals surface area contributed by atoms with Gasteiger partial charge in [-0.1, -0.05) is 0 Å². The lowest BCUT2D eigenvalue weighted by molar-refractivity contribution is 0.236. The Balaban J connectivity index is 1.91. The van der Waals surface area contributed by atoms with Crippen molar-refractivity contribution in [1.82, 2.24) is 15.2 Å². The lowest BCUT2D eigenvalue weighted by Gasteiger charge is -2.15. The average Bonchev–Trinajstić information content (AvgIpc) is 3.38. The number of hydrogen-bond donors (Lipinski definition) is 1. The van der Waals surface area contributed by atoms with E-state index < -0.39 is 0 Å². The van der Waals surface area contributed by atoms with Gasteiger partial charge < -0.3 is 14.2 Å². The quantitative estimate of drug-likeness (QED) is 0.723. The van der Waals surface area contributed by atoms with Crippen LogP contribution >= 0.6 is 0 Å². The minimum atomic E-state index is 0.00454. The molecule has 6 heteroatoms. The van der Waals surface area contributed by atoms with E-state index in [1.54, 1.807) is 14.2 Å². The third-order valence-corrected chi connectivity index (χ3v) is 4.51. The molecule has 1 aromatic carbocycles. The summed E-state index contributed by atoms with van der Waals surface area (Å²) in [6, 6.07) is 5.91. The van der Waals surface area contributed by atoms with Gasteiger partial charge in [0.1, 0.15) is 6.20 Å². The van der Waals surface area contributed by atoms with E-state index in [4.69, 9.17) is 14.2 Å². The van der Waals surface area contributed by atoms with Crippen molar-refractivity contribution in [3.8, 4) is 28.6 Å². The molecule has 1 radical (unpaired) electrons.